The summed E-state index contributed by atoms with van der Waals surface area (Å²) in [6.45, 7) is 8.39. The van der Waals surface area contributed by atoms with Crippen LogP contribution in [0, 0.1) is 5.82 Å². The Kier molecular flexibility index (Phi) is 5.56. The summed E-state index contributed by atoms with van der Waals surface area (Å²) in [4.78, 5) is 16.7. The first-order valence-corrected chi connectivity index (χ1v) is 7.57. The van der Waals surface area contributed by atoms with Gasteiger partial charge in [0.25, 0.3) is 5.91 Å². The van der Waals surface area contributed by atoms with Gasteiger partial charge in [-0.1, -0.05) is 13.8 Å². The molecule has 1 aliphatic rings. The second-order valence-corrected chi connectivity index (χ2v) is 5.23. The van der Waals surface area contributed by atoms with Gasteiger partial charge < -0.3 is 14.5 Å². The van der Waals surface area contributed by atoms with Gasteiger partial charge in [0.15, 0.2) is 6.10 Å². The summed E-state index contributed by atoms with van der Waals surface area (Å²) in [6, 6.07) is 5.79. The van der Waals surface area contributed by atoms with Crippen LogP contribution >= 0.6 is 0 Å². The van der Waals surface area contributed by atoms with E-state index in [2.05, 4.69) is 11.8 Å². The molecule has 1 heterocycles. The second-order valence-electron chi connectivity index (χ2n) is 5.23. The number of piperazine rings is 1. The number of hydrogen-bond acceptors (Lipinski definition) is 3. The number of carbonyl (C=O) groups excluding carboxylic acids is 1. The lowest BCUT2D eigenvalue weighted by Gasteiger charge is -2.35. The van der Waals surface area contributed by atoms with Crippen LogP contribution in [0.2, 0.25) is 0 Å². The number of amides is 1. The first-order valence-electron chi connectivity index (χ1n) is 7.57. The molecule has 1 aromatic carbocycles. The highest BCUT2D eigenvalue weighted by atomic mass is 19.1. The number of nitrogens with zero attached hydrogens (tertiary/aromatic N) is 2. The van der Waals surface area contributed by atoms with Gasteiger partial charge in [-0.15, -0.1) is 0 Å². The van der Waals surface area contributed by atoms with Crippen molar-refractivity contribution in [3.8, 4) is 5.75 Å². The Bertz CT molecular complexity index is 456. The molecule has 1 fully saturated rings. The van der Waals surface area contributed by atoms with E-state index < -0.39 is 6.10 Å². The van der Waals surface area contributed by atoms with Crippen LogP contribution in [0.3, 0.4) is 0 Å². The third-order valence-electron chi connectivity index (χ3n) is 3.87. The summed E-state index contributed by atoms with van der Waals surface area (Å²) in [5.41, 5.74) is 0. The molecule has 1 aromatic rings. The average molecular weight is 294 g/mol. The normalized spacial score (nSPS) is 17.6. The first kappa shape index (κ1) is 15.8. The lowest BCUT2D eigenvalue weighted by Crippen LogP contribution is -2.52. The van der Waals surface area contributed by atoms with Crippen molar-refractivity contribution in [1.82, 2.24) is 9.80 Å². The molecular weight excluding hydrogens is 271 g/mol. The zero-order valence-corrected chi connectivity index (χ0v) is 12.7. The molecule has 0 unspecified atom stereocenters. The SMILES string of the molecule is CC[C@@H](Oc1ccc(F)cc1)C(=O)N1CCN(CC)CC1. The first-order chi connectivity index (χ1) is 10.1. The van der Waals surface area contributed by atoms with Crippen molar-refractivity contribution >= 4 is 5.91 Å². The molecular formula is C16H23FN2O2. The van der Waals surface area contributed by atoms with Gasteiger partial charge in [-0.25, -0.2) is 4.39 Å². The molecule has 0 bridgehead atoms. The molecule has 0 aliphatic carbocycles. The lowest BCUT2D eigenvalue weighted by molar-refractivity contribution is -0.140. The number of carbonyl (C=O) groups is 1. The maximum atomic E-state index is 12.9. The predicted octanol–water partition coefficient (Wildman–Crippen LogP) is 2.15. The van der Waals surface area contributed by atoms with Crippen molar-refractivity contribution in [2.75, 3.05) is 32.7 Å². The van der Waals surface area contributed by atoms with E-state index in [1.807, 2.05) is 11.8 Å². The molecule has 0 N–H and O–H groups in total. The Morgan fingerprint density at radius 3 is 2.33 bits per heavy atom. The number of likely N-dealkylation sites (N-methyl/N-ethyl adjacent to an activating group) is 1. The van der Waals surface area contributed by atoms with E-state index in [9.17, 15) is 9.18 Å². The minimum atomic E-state index is -0.497. The molecule has 5 heteroatoms. The van der Waals surface area contributed by atoms with Crippen LogP contribution in [-0.2, 0) is 4.79 Å². The van der Waals surface area contributed by atoms with E-state index in [-0.39, 0.29) is 11.7 Å². The second kappa shape index (κ2) is 7.41. The molecule has 21 heavy (non-hydrogen) atoms. The summed E-state index contributed by atoms with van der Waals surface area (Å²) in [6.07, 6.45) is 0.105. The molecule has 1 atom stereocenters. The highest BCUT2D eigenvalue weighted by Crippen LogP contribution is 2.16. The smallest absolute Gasteiger partial charge is 0.263 e. The third-order valence-corrected chi connectivity index (χ3v) is 3.87. The van der Waals surface area contributed by atoms with E-state index in [4.69, 9.17) is 4.74 Å². The topological polar surface area (TPSA) is 32.8 Å². The number of rotatable bonds is 5. The Hall–Kier alpha value is -1.62. The molecule has 0 radical (unpaired) electrons. The van der Waals surface area contributed by atoms with E-state index in [1.165, 1.54) is 12.1 Å². The van der Waals surface area contributed by atoms with Crippen molar-refractivity contribution in [3.63, 3.8) is 0 Å². The zero-order chi connectivity index (χ0) is 15.2. The fourth-order valence-corrected chi connectivity index (χ4v) is 2.47. The molecule has 1 aliphatic heterocycles. The van der Waals surface area contributed by atoms with Crippen LogP contribution < -0.4 is 4.74 Å². The molecule has 0 saturated carbocycles. The van der Waals surface area contributed by atoms with Gasteiger partial charge in [-0.3, -0.25) is 4.79 Å². The van der Waals surface area contributed by atoms with Gasteiger partial charge in [0, 0.05) is 26.2 Å². The average Bonchev–Trinajstić information content (AvgIpc) is 2.54. The van der Waals surface area contributed by atoms with Crippen LogP contribution in [0.25, 0.3) is 0 Å². The van der Waals surface area contributed by atoms with Crippen molar-refractivity contribution < 1.29 is 13.9 Å². The van der Waals surface area contributed by atoms with Gasteiger partial charge in [-0.05, 0) is 37.2 Å². The highest BCUT2D eigenvalue weighted by Gasteiger charge is 2.27. The Morgan fingerprint density at radius 2 is 1.81 bits per heavy atom. The zero-order valence-electron chi connectivity index (χ0n) is 12.7. The standard InChI is InChI=1S/C16H23FN2O2/c1-3-15(21-14-7-5-13(17)6-8-14)16(20)19-11-9-18(4-2)10-12-19/h5-8,15H,3-4,9-12H2,1-2H3/t15-/m1/s1. The maximum absolute atomic E-state index is 12.9. The fourth-order valence-electron chi connectivity index (χ4n) is 2.47. The third kappa shape index (κ3) is 4.17. The summed E-state index contributed by atoms with van der Waals surface area (Å²) in [7, 11) is 0. The quantitative estimate of drug-likeness (QED) is 0.834. The van der Waals surface area contributed by atoms with Gasteiger partial charge in [-0.2, -0.15) is 0 Å². The minimum absolute atomic E-state index is 0.0255. The molecule has 0 spiro atoms. The van der Waals surface area contributed by atoms with E-state index >= 15 is 0 Å². The molecule has 4 nitrogen and oxygen atoms in total. The largest absolute Gasteiger partial charge is 0.481 e. The molecule has 1 amide bonds. The summed E-state index contributed by atoms with van der Waals surface area (Å²) < 4.78 is 18.6. The van der Waals surface area contributed by atoms with Gasteiger partial charge >= 0.3 is 0 Å². The molecule has 2 rings (SSSR count). The van der Waals surface area contributed by atoms with Crippen LogP contribution in [0.4, 0.5) is 4.39 Å². The molecule has 116 valence electrons. The van der Waals surface area contributed by atoms with Crippen molar-refractivity contribution in [2.24, 2.45) is 0 Å². The molecule has 1 saturated heterocycles. The van der Waals surface area contributed by atoms with Crippen LogP contribution in [0.15, 0.2) is 24.3 Å². The summed E-state index contributed by atoms with van der Waals surface area (Å²) in [5.74, 6) is 0.249. The number of hydrogen-bond donors (Lipinski definition) is 0. The Morgan fingerprint density at radius 1 is 1.19 bits per heavy atom. The Balaban J connectivity index is 1.94. The monoisotopic (exact) mass is 294 g/mol. The summed E-state index contributed by atoms with van der Waals surface area (Å²) >= 11 is 0. The predicted molar refractivity (Wildman–Crippen MR) is 79.8 cm³/mol. The van der Waals surface area contributed by atoms with Crippen molar-refractivity contribution in [2.45, 2.75) is 26.4 Å². The van der Waals surface area contributed by atoms with Gasteiger partial charge in [0.2, 0.25) is 0 Å². The van der Waals surface area contributed by atoms with Crippen LogP contribution in [0.1, 0.15) is 20.3 Å². The highest BCUT2D eigenvalue weighted by molar-refractivity contribution is 5.81. The van der Waals surface area contributed by atoms with Crippen molar-refractivity contribution in [3.05, 3.63) is 30.1 Å². The van der Waals surface area contributed by atoms with Crippen LogP contribution in [-0.4, -0.2) is 54.5 Å². The maximum Gasteiger partial charge on any atom is 0.263 e. The Labute approximate surface area is 125 Å². The number of benzene rings is 1. The fraction of sp³-hybridized carbons (Fsp3) is 0.562. The van der Waals surface area contributed by atoms with Gasteiger partial charge in [0.05, 0.1) is 0 Å². The summed E-state index contributed by atoms with van der Waals surface area (Å²) in [5, 5.41) is 0. The number of halogens is 1. The van der Waals surface area contributed by atoms with Crippen LogP contribution in [0.5, 0.6) is 5.75 Å². The number of ether oxygens (including phenoxy) is 1. The van der Waals surface area contributed by atoms with E-state index in [1.54, 1.807) is 12.1 Å². The van der Waals surface area contributed by atoms with E-state index in [0.717, 1.165) is 32.7 Å². The van der Waals surface area contributed by atoms with Crippen molar-refractivity contribution in [1.29, 1.82) is 0 Å². The lowest BCUT2D eigenvalue weighted by atomic mass is 10.2. The van der Waals surface area contributed by atoms with E-state index in [0.29, 0.717) is 12.2 Å². The van der Waals surface area contributed by atoms with Gasteiger partial charge in [0.1, 0.15) is 11.6 Å². The molecule has 0 aromatic heterocycles. The minimum Gasteiger partial charge on any atom is -0.481 e.